The zero-order valence-electron chi connectivity index (χ0n) is 15.6. The van der Waals surface area contributed by atoms with E-state index in [4.69, 9.17) is 4.74 Å². The molecule has 0 bridgehead atoms. The Kier molecular flexibility index (Phi) is 6.70. The molecule has 0 aromatic carbocycles. The van der Waals surface area contributed by atoms with Crippen LogP contribution >= 0.6 is 0 Å². The molecule has 1 N–H and O–H groups in total. The maximum atomic E-state index is 5.60. The topological polar surface area (TPSA) is 24.5 Å². The molecule has 0 saturated carbocycles. The zero-order valence-corrected chi connectivity index (χ0v) is 15.6. The largest absolute Gasteiger partial charge is 0.379 e. The van der Waals surface area contributed by atoms with Crippen molar-refractivity contribution >= 4 is 0 Å². The van der Waals surface area contributed by atoms with Crippen LogP contribution in [0.15, 0.2) is 0 Å². The van der Waals surface area contributed by atoms with E-state index in [2.05, 4.69) is 58.7 Å². The second kappa shape index (κ2) is 7.43. The van der Waals surface area contributed by atoms with E-state index >= 15 is 0 Å². The predicted octanol–water partition coefficient (Wildman–Crippen LogP) is 3.54. The van der Waals surface area contributed by atoms with Crippen molar-refractivity contribution in [2.24, 2.45) is 11.3 Å². The van der Waals surface area contributed by atoms with Gasteiger partial charge in [0.1, 0.15) is 0 Å². The summed E-state index contributed by atoms with van der Waals surface area (Å²) in [5, 5.41) is 3.78. The van der Waals surface area contributed by atoms with Crippen molar-refractivity contribution in [1.82, 2.24) is 10.2 Å². The first-order valence-electron chi connectivity index (χ1n) is 8.58. The summed E-state index contributed by atoms with van der Waals surface area (Å²) in [6, 6.07) is 1.24. The van der Waals surface area contributed by atoms with Gasteiger partial charge in [-0.15, -0.1) is 0 Å². The smallest absolute Gasteiger partial charge is 0.0634 e. The van der Waals surface area contributed by atoms with Crippen molar-refractivity contribution in [3.05, 3.63) is 0 Å². The fourth-order valence-corrected chi connectivity index (χ4v) is 3.00. The number of rotatable bonds is 6. The van der Waals surface area contributed by atoms with Gasteiger partial charge in [-0.3, -0.25) is 4.90 Å². The number of methoxy groups -OCH3 is 1. The van der Waals surface area contributed by atoms with Gasteiger partial charge in [-0.25, -0.2) is 0 Å². The average Bonchev–Trinajstić information content (AvgIpc) is 2.35. The van der Waals surface area contributed by atoms with E-state index < -0.39 is 0 Å². The molecule has 0 spiro atoms. The Morgan fingerprint density at radius 1 is 1.19 bits per heavy atom. The Balaban J connectivity index is 2.69. The molecule has 2 atom stereocenters. The Labute approximate surface area is 132 Å². The molecule has 0 aromatic heterocycles. The van der Waals surface area contributed by atoms with Crippen LogP contribution in [-0.2, 0) is 4.74 Å². The van der Waals surface area contributed by atoms with Gasteiger partial charge in [0.25, 0.3) is 0 Å². The standard InChI is InChI=1S/C18H38N2O/c1-14(2)11-15-12-19-16(17(3,4)5)13-20(15)10-9-18(6,7)21-8/h14-16,19H,9-13H2,1-8H3. The van der Waals surface area contributed by atoms with Crippen LogP contribution in [0.4, 0.5) is 0 Å². The van der Waals surface area contributed by atoms with Crippen LogP contribution in [0.2, 0.25) is 0 Å². The lowest BCUT2D eigenvalue weighted by molar-refractivity contribution is -0.00556. The highest BCUT2D eigenvalue weighted by atomic mass is 16.5. The van der Waals surface area contributed by atoms with Crippen LogP contribution in [0.3, 0.4) is 0 Å². The monoisotopic (exact) mass is 298 g/mol. The van der Waals surface area contributed by atoms with Crippen LogP contribution in [0, 0.1) is 11.3 Å². The maximum absolute atomic E-state index is 5.60. The first-order valence-corrected chi connectivity index (χ1v) is 8.58. The van der Waals surface area contributed by atoms with E-state index in [1.807, 2.05) is 7.11 Å². The van der Waals surface area contributed by atoms with Crippen molar-refractivity contribution in [3.8, 4) is 0 Å². The van der Waals surface area contributed by atoms with Gasteiger partial charge < -0.3 is 10.1 Å². The zero-order chi connectivity index (χ0) is 16.3. The van der Waals surface area contributed by atoms with E-state index in [1.165, 1.54) is 6.42 Å². The van der Waals surface area contributed by atoms with Crippen LogP contribution in [0.1, 0.15) is 61.3 Å². The fraction of sp³-hybridized carbons (Fsp3) is 1.00. The van der Waals surface area contributed by atoms with Crippen molar-refractivity contribution in [1.29, 1.82) is 0 Å². The third kappa shape index (κ3) is 6.25. The molecule has 1 aliphatic heterocycles. The third-order valence-electron chi connectivity index (χ3n) is 4.88. The third-order valence-corrected chi connectivity index (χ3v) is 4.88. The molecule has 3 heteroatoms. The molecule has 2 unspecified atom stereocenters. The molecule has 0 aromatic rings. The number of hydrogen-bond donors (Lipinski definition) is 1. The minimum Gasteiger partial charge on any atom is -0.379 e. The molecular formula is C18H38N2O. The summed E-state index contributed by atoms with van der Waals surface area (Å²) >= 11 is 0. The number of nitrogens with one attached hydrogen (secondary N) is 1. The Hall–Kier alpha value is -0.120. The Morgan fingerprint density at radius 2 is 1.81 bits per heavy atom. The summed E-state index contributed by atoms with van der Waals surface area (Å²) in [5.74, 6) is 0.751. The van der Waals surface area contributed by atoms with E-state index in [0.29, 0.717) is 17.5 Å². The first-order chi connectivity index (χ1) is 9.55. The molecule has 1 rings (SSSR count). The molecule has 126 valence electrons. The van der Waals surface area contributed by atoms with Crippen molar-refractivity contribution in [2.75, 3.05) is 26.7 Å². The van der Waals surface area contributed by atoms with Gasteiger partial charge >= 0.3 is 0 Å². The molecule has 1 fully saturated rings. The molecule has 1 heterocycles. The number of nitrogens with zero attached hydrogens (tertiary/aromatic N) is 1. The highest BCUT2D eigenvalue weighted by Gasteiger charge is 2.34. The average molecular weight is 299 g/mol. The van der Waals surface area contributed by atoms with E-state index in [-0.39, 0.29) is 5.60 Å². The van der Waals surface area contributed by atoms with Gasteiger partial charge in [0.15, 0.2) is 0 Å². The highest BCUT2D eigenvalue weighted by Crippen LogP contribution is 2.26. The lowest BCUT2D eigenvalue weighted by atomic mass is 9.84. The van der Waals surface area contributed by atoms with E-state index in [9.17, 15) is 0 Å². The summed E-state index contributed by atoms with van der Waals surface area (Å²) in [7, 11) is 1.82. The number of piperazine rings is 1. The molecular weight excluding hydrogens is 260 g/mol. The van der Waals surface area contributed by atoms with Crippen LogP contribution < -0.4 is 5.32 Å². The van der Waals surface area contributed by atoms with E-state index in [1.54, 1.807) is 0 Å². The fourth-order valence-electron chi connectivity index (χ4n) is 3.00. The van der Waals surface area contributed by atoms with E-state index in [0.717, 1.165) is 32.0 Å². The van der Waals surface area contributed by atoms with Crippen molar-refractivity contribution < 1.29 is 4.74 Å². The summed E-state index contributed by atoms with van der Waals surface area (Å²) in [4.78, 5) is 2.70. The summed E-state index contributed by atoms with van der Waals surface area (Å²) in [6.07, 6.45) is 2.37. The molecule has 0 aliphatic carbocycles. The summed E-state index contributed by atoms with van der Waals surface area (Å²) < 4.78 is 5.60. The minimum absolute atomic E-state index is 0.0233. The normalized spacial score (nSPS) is 25.6. The second-order valence-electron chi connectivity index (χ2n) is 8.82. The van der Waals surface area contributed by atoms with Crippen molar-refractivity contribution in [2.45, 2.75) is 79.0 Å². The second-order valence-corrected chi connectivity index (χ2v) is 8.82. The number of ether oxygens (including phenoxy) is 1. The summed E-state index contributed by atoms with van der Waals surface area (Å²) in [5.41, 5.74) is 0.294. The highest BCUT2D eigenvalue weighted by molar-refractivity contribution is 4.92. The van der Waals surface area contributed by atoms with Crippen LogP contribution in [0.25, 0.3) is 0 Å². The van der Waals surface area contributed by atoms with Crippen molar-refractivity contribution in [3.63, 3.8) is 0 Å². The SMILES string of the molecule is COC(C)(C)CCN1CC(C(C)(C)C)NCC1CC(C)C. The quantitative estimate of drug-likeness (QED) is 0.812. The maximum Gasteiger partial charge on any atom is 0.0634 e. The van der Waals surface area contributed by atoms with Gasteiger partial charge in [-0.05, 0) is 38.0 Å². The van der Waals surface area contributed by atoms with Gasteiger partial charge in [0, 0.05) is 38.8 Å². The number of hydrogen-bond acceptors (Lipinski definition) is 3. The molecule has 21 heavy (non-hydrogen) atoms. The van der Waals surface area contributed by atoms with Gasteiger partial charge in [0.05, 0.1) is 5.60 Å². The summed E-state index contributed by atoms with van der Waals surface area (Å²) in [6.45, 7) is 19.4. The molecule has 1 aliphatic rings. The predicted molar refractivity (Wildman–Crippen MR) is 91.8 cm³/mol. The first kappa shape index (κ1) is 18.9. The lowest BCUT2D eigenvalue weighted by Crippen LogP contribution is -2.61. The van der Waals surface area contributed by atoms with Gasteiger partial charge in [-0.1, -0.05) is 34.6 Å². The molecule has 3 nitrogen and oxygen atoms in total. The molecule has 0 amide bonds. The minimum atomic E-state index is -0.0233. The van der Waals surface area contributed by atoms with Gasteiger partial charge in [-0.2, -0.15) is 0 Å². The Bertz CT molecular complexity index is 307. The van der Waals surface area contributed by atoms with Gasteiger partial charge in [0.2, 0.25) is 0 Å². The molecule has 1 saturated heterocycles. The Morgan fingerprint density at radius 3 is 2.29 bits per heavy atom. The van der Waals surface area contributed by atoms with Crippen LogP contribution in [-0.4, -0.2) is 49.3 Å². The molecule has 0 radical (unpaired) electrons. The lowest BCUT2D eigenvalue weighted by Gasteiger charge is -2.46. The van der Waals surface area contributed by atoms with Crippen LogP contribution in [0.5, 0.6) is 0 Å².